The molecule has 0 radical (unpaired) electrons. The molecule has 0 amide bonds. The van der Waals surface area contributed by atoms with Gasteiger partial charge in [0, 0.05) is 12.7 Å². The minimum Gasteiger partial charge on any atom is -0.481 e. The summed E-state index contributed by atoms with van der Waals surface area (Å²) in [5.41, 5.74) is 2.01. The Balaban J connectivity index is 2.63. The molecule has 0 heterocycles. The summed E-state index contributed by atoms with van der Waals surface area (Å²) in [4.78, 5) is 0. The average molecular weight is 193 g/mol. The summed E-state index contributed by atoms with van der Waals surface area (Å²) in [6, 6.07) is 7.75. The van der Waals surface area contributed by atoms with E-state index in [1.54, 1.807) is 7.11 Å². The molecule has 0 aliphatic heterocycles. The SMILES string of the molecule is COCCc1ccc(C(=N)OC)cc1. The lowest BCUT2D eigenvalue weighted by molar-refractivity contribution is 0.202. The Morgan fingerprint density at radius 2 is 1.86 bits per heavy atom. The molecule has 0 saturated heterocycles. The molecule has 0 fully saturated rings. The van der Waals surface area contributed by atoms with Crippen LogP contribution >= 0.6 is 0 Å². The van der Waals surface area contributed by atoms with Crippen LogP contribution in [0.25, 0.3) is 0 Å². The third kappa shape index (κ3) is 2.85. The molecule has 0 bridgehead atoms. The Morgan fingerprint density at radius 1 is 1.21 bits per heavy atom. The maximum atomic E-state index is 7.44. The first-order chi connectivity index (χ1) is 6.77. The number of benzene rings is 1. The van der Waals surface area contributed by atoms with Crippen LogP contribution in [-0.2, 0) is 15.9 Å². The second-order valence-electron chi connectivity index (χ2n) is 2.97. The minimum absolute atomic E-state index is 0.197. The molecule has 1 rings (SSSR count). The van der Waals surface area contributed by atoms with Crippen molar-refractivity contribution in [2.75, 3.05) is 20.8 Å². The summed E-state index contributed by atoms with van der Waals surface area (Å²) >= 11 is 0. The standard InChI is InChI=1S/C11H15NO2/c1-13-8-7-9-3-5-10(6-4-9)11(12)14-2/h3-6,12H,7-8H2,1-2H3. The number of methoxy groups -OCH3 is 2. The van der Waals surface area contributed by atoms with Gasteiger partial charge in [0.25, 0.3) is 0 Å². The van der Waals surface area contributed by atoms with Crippen molar-refractivity contribution in [2.45, 2.75) is 6.42 Å². The summed E-state index contributed by atoms with van der Waals surface area (Å²) in [7, 11) is 3.19. The fourth-order valence-electron chi connectivity index (χ4n) is 1.16. The summed E-state index contributed by atoms with van der Waals surface area (Å²) in [6.45, 7) is 0.723. The highest BCUT2D eigenvalue weighted by Gasteiger charge is 1.99. The Kier molecular flexibility index (Phi) is 4.13. The van der Waals surface area contributed by atoms with Gasteiger partial charge in [-0.1, -0.05) is 12.1 Å². The van der Waals surface area contributed by atoms with Crippen LogP contribution in [0.4, 0.5) is 0 Å². The molecular formula is C11H15NO2. The van der Waals surface area contributed by atoms with Gasteiger partial charge in [0.2, 0.25) is 5.90 Å². The molecule has 3 nitrogen and oxygen atoms in total. The first kappa shape index (κ1) is 10.7. The number of ether oxygens (including phenoxy) is 2. The van der Waals surface area contributed by atoms with Gasteiger partial charge in [-0.25, -0.2) is 0 Å². The summed E-state index contributed by atoms with van der Waals surface area (Å²) < 4.78 is 9.79. The molecule has 0 atom stereocenters. The number of hydrogen-bond acceptors (Lipinski definition) is 3. The number of nitrogens with one attached hydrogen (secondary N) is 1. The third-order valence-electron chi connectivity index (χ3n) is 2.02. The second kappa shape index (κ2) is 5.40. The molecule has 0 aliphatic carbocycles. The van der Waals surface area contributed by atoms with E-state index in [0.717, 1.165) is 18.6 Å². The number of rotatable bonds is 4. The molecule has 14 heavy (non-hydrogen) atoms. The molecule has 1 aromatic rings. The lowest BCUT2D eigenvalue weighted by Crippen LogP contribution is -2.01. The lowest BCUT2D eigenvalue weighted by Gasteiger charge is -2.04. The van der Waals surface area contributed by atoms with Crippen LogP contribution in [0, 0.1) is 5.41 Å². The van der Waals surface area contributed by atoms with Crippen LogP contribution in [-0.4, -0.2) is 26.7 Å². The van der Waals surface area contributed by atoms with Crippen molar-refractivity contribution in [3.05, 3.63) is 35.4 Å². The van der Waals surface area contributed by atoms with E-state index in [4.69, 9.17) is 14.9 Å². The molecule has 76 valence electrons. The molecule has 0 unspecified atom stereocenters. The van der Waals surface area contributed by atoms with Crippen molar-refractivity contribution in [3.63, 3.8) is 0 Å². The summed E-state index contributed by atoms with van der Waals surface area (Å²) in [5.74, 6) is 0.197. The number of hydrogen-bond donors (Lipinski definition) is 1. The third-order valence-corrected chi connectivity index (χ3v) is 2.02. The molecule has 0 aliphatic rings. The van der Waals surface area contributed by atoms with Gasteiger partial charge < -0.3 is 9.47 Å². The van der Waals surface area contributed by atoms with Crippen molar-refractivity contribution >= 4 is 5.90 Å². The van der Waals surface area contributed by atoms with Gasteiger partial charge in [0.15, 0.2) is 0 Å². The largest absolute Gasteiger partial charge is 0.481 e. The molecule has 3 heteroatoms. The zero-order valence-corrected chi connectivity index (χ0v) is 8.54. The van der Waals surface area contributed by atoms with Crippen molar-refractivity contribution < 1.29 is 9.47 Å². The van der Waals surface area contributed by atoms with Gasteiger partial charge in [-0.2, -0.15) is 0 Å². The highest BCUT2D eigenvalue weighted by molar-refractivity contribution is 5.91. The molecule has 0 saturated carbocycles. The predicted molar refractivity (Wildman–Crippen MR) is 55.9 cm³/mol. The first-order valence-corrected chi connectivity index (χ1v) is 4.48. The van der Waals surface area contributed by atoms with E-state index in [0.29, 0.717) is 0 Å². The zero-order valence-electron chi connectivity index (χ0n) is 8.54. The Bertz CT molecular complexity index is 293. The van der Waals surface area contributed by atoms with E-state index in [2.05, 4.69) is 0 Å². The Hall–Kier alpha value is -1.35. The van der Waals surface area contributed by atoms with Gasteiger partial charge in [0.1, 0.15) is 0 Å². The average Bonchev–Trinajstić information content (AvgIpc) is 2.26. The highest BCUT2D eigenvalue weighted by atomic mass is 16.5. The van der Waals surface area contributed by atoms with Gasteiger partial charge in [-0.3, -0.25) is 5.41 Å². The monoisotopic (exact) mass is 193 g/mol. The minimum atomic E-state index is 0.197. The predicted octanol–water partition coefficient (Wildman–Crippen LogP) is 1.85. The van der Waals surface area contributed by atoms with Gasteiger partial charge >= 0.3 is 0 Å². The smallest absolute Gasteiger partial charge is 0.212 e. The van der Waals surface area contributed by atoms with Crippen molar-refractivity contribution in [3.8, 4) is 0 Å². The quantitative estimate of drug-likeness (QED) is 0.585. The fourth-order valence-corrected chi connectivity index (χ4v) is 1.16. The Labute approximate surface area is 84.2 Å². The lowest BCUT2D eigenvalue weighted by atomic mass is 10.1. The van der Waals surface area contributed by atoms with Crippen LogP contribution in [0.15, 0.2) is 24.3 Å². The molecule has 1 aromatic carbocycles. The van der Waals surface area contributed by atoms with E-state index >= 15 is 0 Å². The van der Waals surface area contributed by atoms with Gasteiger partial charge in [0.05, 0.1) is 13.7 Å². The summed E-state index contributed by atoms with van der Waals surface area (Å²) in [6.07, 6.45) is 0.900. The van der Waals surface area contributed by atoms with Crippen LogP contribution in [0.5, 0.6) is 0 Å². The van der Waals surface area contributed by atoms with Crippen LogP contribution in [0.1, 0.15) is 11.1 Å². The van der Waals surface area contributed by atoms with Crippen molar-refractivity contribution in [1.29, 1.82) is 5.41 Å². The zero-order chi connectivity index (χ0) is 10.4. The second-order valence-corrected chi connectivity index (χ2v) is 2.97. The topological polar surface area (TPSA) is 42.3 Å². The van der Waals surface area contributed by atoms with E-state index in [9.17, 15) is 0 Å². The van der Waals surface area contributed by atoms with Crippen LogP contribution < -0.4 is 0 Å². The molecular weight excluding hydrogens is 178 g/mol. The maximum Gasteiger partial charge on any atom is 0.212 e. The first-order valence-electron chi connectivity index (χ1n) is 4.48. The molecule has 0 spiro atoms. The van der Waals surface area contributed by atoms with E-state index in [1.165, 1.54) is 12.7 Å². The van der Waals surface area contributed by atoms with Gasteiger partial charge in [-0.05, 0) is 24.1 Å². The van der Waals surface area contributed by atoms with E-state index in [1.807, 2.05) is 24.3 Å². The van der Waals surface area contributed by atoms with E-state index in [-0.39, 0.29) is 5.90 Å². The fraction of sp³-hybridized carbons (Fsp3) is 0.364. The van der Waals surface area contributed by atoms with Crippen LogP contribution in [0.2, 0.25) is 0 Å². The van der Waals surface area contributed by atoms with Crippen LogP contribution in [0.3, 0.4) is 0 Å². The Morgan fingerprint density at radius 3 is 2.36 bits per heavy atom. The summed E-state index contributed by atoms with van der Waals surface area (Å²) in [5, 5.41) is 7.44. The molecule has 0 aromatic heterocycles. The van der Waals surface area contributed by atoms with Crippen molar-refractivity contribution in [2.24, 2.45) is 0 Å². The van der Waals surface area contributed by atoms with E-state index < -0.39 is 0 Å². The van der Waals surface area contributed by atoms with Gasteiger partial charge in [-0.15, -0.1) is 0 Å². The molecule has 1 N–H and O–H groups in total. The highest BCUT2D eigenvalue weighted by Crippen LogP contribution is 2.06. The maximum absolute atomic E-state index is 7.44. The normalized spacial score (nSPS) is 9.86. The van der Waals surface area contributed by atoms with Crippen molar-refractivity contribution in [1.82, 2.24) is 0 Å².